The third-order valence-corrected chi connectivity index (χ3v) is 5.59. The van der Waals surface area contributed by atoms with Crippen LogP contribution in [0.25, 0.3) is 0 Å². The molecule has 2 fully saturated rings. The molecule has 0 amide bonds. The molecular weight excluding hydrogens is 246 g/mol. The molecule has 0 spiro atoms. The van der Waals surface area contributed by atoms with Gasteiger partial charge in [0.05, 0.1) is 0 Å². The van der Waals surface area contributed by atoms with Crippen LogP contribution in [-0.2, 0) is 0 Å². The monoisotopic (exact) mass is 281 g/mol. The molecule has 0 radical (unpaired) electrons. The van der Waals surface area contributed by atoms with Gasteiger partial charge in [-0.1, -0.05) is 39.5 Å². The fraction of sp³-hybridized carbons (Fsp3) is 1.00. The number of nitrogens with zero attached hydrogens (tertiary/aromatic N) is 2. The molecule has 0 aromatic carbocycles. The predicted octanol–water partition coefficient (Wildman–Crippen LogP) is 2.71. The fourth-order valence-electron chi connectivity index (χ4n) is 4.35. The van der Waals surface area contributed by atoms with E-state index in [9.17, 15) is 0 Å². The van der Waals surface area contributed by atoms with Crippen molar-refractivity contribution in [1.82, 2.24) is 15.1 Å². The number of likely N-dealkylation sites (tertiary alicyclic amines) is 1. The standard InChI is InChI=1S/C17H35N3/c1-4-19(5-2)15-12-13-20(14-15)17-11-9-7-6-8-10-16(17)18-3/h15-18H,4-14H2,1-3H3. The Balaban J connectivity index is 1.94. The summed E-state index contributed by atoms with van der Waals surface area (Å²) in [6.45, 7) is 9.62. The minimum atomic E-state index is 0.714. The molecule has 1 heterocycles. The van der Waals surface area contributed by atoms with Crippen LogP contribution in [0.2, 0.25) is 0 Å². The van der Waals surface area contributed by atoms with Gasteiger partial charge in [0.25, 0.3) is 0 Å². The van der Waals surface area contributed by atoms with Gasteiger partial charge in [-0.3, -0.25) is 9.80 Å². The molecular formula is C17H35N3. The van der Waals surface area contributed by atoms with Crippen molar-refractivity contribution in [2.24, 2.45) is 0 Å². The first kappa shape index (κ1) is 16.3. The Morgan fingerprint density at radius 2 is 1.70 bits per heavy atom. The van der Waals surface area contributed by atoms with E-state index >= 15 is 0 Å². The summed E-state index contributed by atoms with van der Waals surface area (Å²) in [7, 11) is 2.16. The number of hydrogen-bond donors (Lipinski definition) is 1. The molecule has 2 rings (SSSR count). The van der Waals surface area contributed by atoms with Gasteiger partial charge < -0.3 is 5.32 Å². The van der Waals surface area contributed by atoms with E-state index in [4.69, 9.17) is 0 Å². The summed E-state index contributed by atoms with van der Waals surface area (Å²) < 4.78 is 0. The van der Waals surface area contributed by atoms with Gasteiger partial charge in [0.2, 0.25) is 0 Å². The third-order valence-electron chi connectivity index (χ3n) is 5.59. The van der Waals surface area contributed by atoms with Crippen molar-refractivity contribution in [1.29, 1.82) is 0 Å². The molecule has 1 aliphatic carbocycles. The van der Waals surface area contributed by atoms with Crippen LogP contribution in [0.15, 0.2) is 0 Å². The largest absolute Gasteiger partial charge is 0.315 e. The highest BCUT2D eigenvalue weighted by Crippen LogP contribution is 2.26. The molecule has 3 heteroatoms. The van der Waals surface area contributed by atoms with Crippen LogP contribution in [0.1, 0.15) is 58.8 Å². The summed E-state index contributed by atoms with van der Waals surface area (Å²) in [4.78, 5) is 5.45. The van der Waals surface area contributed by atoms with Crippen molar-refractivity contribution in [3.05, 3.63) is 0 Å². The first-order valence-electron chi connectivity index (χ1n) is 8.95. The highest BCUT2D eigenvalue weighted by atomic mass is 15.3. The molecule has 3 atom stereocenters. The molecule has 0 aromatic rings. The lowest BCUT2D eigenvalue weighted by Crippen LogP contribution is -2.49. The summed E-state index contributed by atoms with van der Waals surface area (Å²) >= 11 is 0. The average Bonchev–Trinajstić information content (AvgIpc) is 2.90. The first-order valence-corrected chi connectivity index (χ1v) is 8.95. The van der Waals surface area contributed by atoms with Crippen LogP contribution in [-0.4, -0.2) is 61.2 Å². The molecule has 1 saturated heterocycles. The number of rotatable bonds is 5. The lowest BCUT2D eigenvalue weighted by molar-refractivity contribution is 0.145. The normalized spacial score (nSPS) is 33.3. The Hall–Kier alpha value is -0.120. The summed E-state index contributed by atoms with van der Waals surface area (Å²) in [6.07, 6.45) is 9.86. The van der Waals surface area contributed by atoms with Gasteiger partial charge in [-0.05, 0) is 39.4 Å². The zero-order valence-electron chi connectivity index (χ0n) is 13.9. The Kier molecular flexibility index (Phi) is 6.79. The SMILES string of the molecule is CCN(CC)C1CCN(C2CCCCCCC2NC)C1. The lowest BCUT2D eigenvalue weighted by atomic mass is 9.91. The van der Waals surface area contributed by atoms with Crippen molar-refractivity contribution < 1.29 is 0 Å². The third kappa shape index (κ3) is 3.96. The summed E-state index contributed by atoms with van der Waals surface area (Å²) in [6, 6.07) is 2.29. The van der Waals surface area contributed by atoms with Gasteiger partial charge >= 0.3 is 0 Å². The fourth-order valence-corrected chi connectivity index (χ4v) is 4.35. The Labute approximate surface area is 126 Å². The summed E-state index contributed by atoms with van der Waals surface area (Å²) in [5.74, 6) is 0. The van der Waals surface area contributed by atoms with Crippen LogP contribution in [0.5, 0.6) is 0 Å². The Morgan fingerprint density at radius 1 is 1.00 bits per heavy atom. The maximum absolute atomic E-state index is 3.62. The van der Waals surface area contributed by atoms with E-state index in [2.05, 4.69) is 36.0 Å². The zero-order valence-corrected chi connectivity index (χ0v) is 13.9. The number of nitrogens with one attached hydrogen (secondary N) is 1. The van der Waals surface area contributed by atoms with Gasteiger partial charge in [-0.25, -0.2) is 0 Å². The van der Waals surface area contributed by atoms with Gasteiger partial charge in [-0.15, -0.1) is 0 Å². The van der Waals surface area contributed by atoms with Crippen molar-refractivity contribution in [2.45, 2.75) is 76.9 Å². The topological polar surface area (TPSA) is 18.5 Å². The molecule has 3 unspecified atom stereocenters. The maximum atomic E-state index is 3.62. The van der Waals surface area contributed by atoms with Crippen LogP contribution in [0.3, 0.4) is 0 Å². The molecule has 0 aromatic heterocycles. The maximum Gasteiger partial charge on any atom is 0.0249 e. The molecule has 0 bridgehead atoms. The van der Waals surface area contributed by atoms with E-state index in [0.29, 0.717) is 6.04 Å². The van der Waals surface area contributed by atoms with E-state index < -0.39 is 0 Å². The average molecular weight is 281 g/mol. The molecule has 2 aliphatic rings. The first-order chi connectivity index (χ1) is 9.80. The van der Waals surface area contributed by atoms with Crippen molar-refractivity contribution in [2.75, 3.05) is 33.2 Å². The smallest absolute Gasteiger partial charge is 0.0249 e. The highest BCUT2D eigenvalue weighted by molar-refractivity contribution is 4.92. The van der Waals surface area contributed by atoms with E-state index in [1.807, 2.05) is 0 Å². The molecule has 1 N–H and O–H groups in total. The summed E-state index contributed by atoms with van der Waals surface area (Å²) in [5.41, 5.74) is 0. The zero-order chi connectivity index (χ0) is 14.4. The minimum absolute atomic E-state index is 0.714. The molecule has 1 saturated carbocycles. The van der Waals surface area contributed by atoms with Crippen molar-refractivity contribution in [3.8, 4) is 0 Å². The van der Waals surface area contributed by atoms with Crippen molar-refractivity contribution in [3.63, 3.8) is 0 Å². The van der Waals surface area contributed by atoms with Crippen LogP contribution in [0.4, 0.5) is 0 Å². The summed E-state index contributed by atoms with van der Waals surface area (Å²) in [5, 5.41) is 3.62. The van der Waals surface area contributed by atoms with Gasteiger partial charge in [0.15, 0.2) is 0 Å². The lowest BCUT2D eigenvalue weighted by Gasteiger charge is -2.37. The van der Waals surface area contributed by atoms with Gasteiger partial charge in [-0.2, -0.15) is 0 Å². The molecule has 3 nitrogen and oxygen atoms in total. The number of hydrogen-bond acceptors (Lipinski definition) is 3. The Morgan fingerprint density at radius 3 is 2.35 bits per heavy atom. The Bertz CT molecular complexity index is 265. The van der Waals surface area contributed by atoms with Crippen LogP contribution >= 0.6 is 0 Å². The van der Waals surface area contributed by atoms with E-state index in [-0.39, 0.29) is 0 Å². The second-order valence-corrected chi connectivity index (χ2v) is 6.61. The molecule has 20 heavy (non-hydrogen) atoms. The quantitative estimate of drug-likeness (QED) is 0.836. The highest BCUT2D eigenvalue weighted by Gasteiger charge is 2.34. The predicted molar refractivity (Wildman–Crippen MR) is 87.2 cm³/mol. The van der Waals surface area contributed by atoms with E-state index in [1.165, 1.54) is 71.1 Å². The molecule has 118 valence electrons. The second-order valence-electron chi connectivity index (χ2n) is 6.61. The minimum Gasteiger partial charge on any atom is -0.315 e. The van der Waals surface area contributed by atoms with Crippen LogP contribution in [0, 0.1) is 0 Å². The van der Waals surface area contributed by atoms with Crippen LogP contribution < -0.4 is 5.32 Å². The molecule has 1 aliphatic heterocycles. The van der Waals surface area contributed by atoms with E-state index in [0.717, 1.165) is 12.1 Å². The van der Waals surface area contributed by atoms with E-state index in [1.54, 1.807) is 0 Å². The van der Waals surface area contributed by atoms with Gasteiger partial charge in [0.1, 0.15) is 0 Å². The number of likely N-dealkylation sites (N-methyl/N-ethyl adjacent to an activating group) is 2. The van der Waals surface area contributed by atoms with Crippen molar-refractivity contribution >= 4 is 0 Å². The van der Waals surface area contributed by atoms with Gasteiger partial charge in [0, 0.05) is 31.2 Å². The second kappa shape index (κ2) is 8.35.